The molecule has 1 amide bonds. The van der Waals surface area contributed by atoms with Gasteiger partial charge in [-0.2, -0.15) is 0 Å². The molecule has 3 atom stereocenters. The van der Waals surface area contributed by atoms with Gasteiger partial charge in [0.15, 0.2) is 0 Å². The van der Waals surface area contributed by atoms with Crippen LogP contribution in [0.4, 0.5) is 0 Å². The molecule has 3 unspecified atom stereocenters. The van der Waals surface area contributed by atoms with Gasteiger partial charge in [-0.25, -0.2) is 0 Å². The fourth-order valence-electron chi connectivity index (χ4n) is 2.53. The van der Waals surface area contributed by atoms with Crippen molar-refractivity contribution < 1.29 is 9.53 Å². The van der Waals surface area contributed by atoms with Gasteiger partial charge in [0.05, 0.1) is 12.0 Å². The van der Waals surface area contributed by atoms with Gasteiger partial charge < -0.3 is 15.8 Å². The van der Waals surface area contributed by atoms with E-state index in [1.165, 1.54) is 0 Å². The van der Waals surface area contributed by atoms with Crippen molar-refractivity contribution >= 4 is 29.9 Å². The summed E-state index contributed by atoms with van der Waals surface area (Å²) in [6.45, 7) is 2.19. The zero-order chi connectivity index (χ0) is 17.5. The Kier molecular flexibility index (Phi) is 8.93. The maximum absolute atomic E-state index is 12.4. The van der Waals surface area contributed by atoms with E-state index in [1.807, 2.05) is 55.5 Å². The first-order chi connectivity index (χ1) is 11.5. The molecular formula is C19H24Cl2N2O2. The Morgan fingerprint density at radius 1 is 1.16 bits per heavy atom. The summed E-state index contributed by atoms with van der Waals surface area (Å²) in [6, 6.07) is 16.7. The van der Waals surface area contributed by atoms with Gasteiger partial charge in [-0.3, -0.25) is 4.79 Å². The van der Waals surface area contributed by atoms with Crippen molar-refractivity contribution in [3.63, 3.8) is 0 Å². The van der Waals surface area contributed by atoms with Crippen molar-refractivity contribution in [2.75, 3.05) is 13.7 Å². The van der Waals surface area contributed by atoms with Crippen LogP contribution in [0.1, 0.15) is 30.2 Å². The van der Waals surface area contributed by atoms with E-state index in [9.17, 15) is 4.79 Å². The largest absolute Gasteiger partial charge is 0.375 e. The van der Waals surface area contributed by atoms with E-state index in [4.69, 9.17) is 22.1 Å². The Morgan fingerprint density at radius 3 is 2.40 bits per heavy atom. The van der Waals surface area contributed by atoms with E-state index in [2.05, 4.69) is 5.32 Å². The zero-order valence-electron chi connectivity index (χ0n) is 14.3. The Balaban J connectivity index is 0.00000312. The number of rotatable bonds is 7. The minimum Gasteiger partial charge on any atom is -0.375 e. The molecule has 2 aromatic carbocycles. The first-order valence-electron chi connectivity index (χ1n) is 7.89. The number of hydrogen-bond donors (Lipinski definition) is 2. The Labute approximate surface area is 160 Å². The Morgan fingerprint density at radius 2 is 1.80 bits per heavy atom. The van der Waals surface area contributed by atoms with Crippen LogP contribution in [0.2, 0.25) is 5.02 Å². The summed E-state index contributed by atoms with van der Waals surface area (Å²) in [5.74, 6) is -0.445. The molecule has 2 rings (SSSR count). The molecule has 6 heteroatoms. The number of methoxy groups -OCH3 is 1. The van der Waals surface area contributed by atoms with Crippen molar-refractivity contribution in [2.24, 2.45) is 11.7 Å². The number of nitrogens with two attached hydrogens (primary N) is 1. The van der Waals surface area contributed by atoms with Crippen LogP contribution in [0.25, 0.3) is 0 Å². The Hall–Kier alpha value is -1.59. The number of benzene rings is 2. The molecule has 3 N–H and O–H groups in total. The van der Waals surface area contributed by atoms with Crippen LogP contribution >= 0.6 is 24.0 Å². The van der Waals surface area contributed by atoms with E-state index >= 15 is 0 Å². The van der Waals surface area contributed by atoms with Gasteiger partial charge in [-0.1, -0.05) is 61.0 Å². The van der Waals surface area contributed by atoms with Crippen LogP contribution in [0, 0.1) is 5.92 Å². The second-order valence-corrected chi connectivity index (χ2v) is 6.19. The molecule has 0 aliphatic rings. The molecular weight excluding hydrogens is 359 g/mol. The van der Waals surface area contributed by atoms with Crippen LogP contribution in [0.3, 0.4) is 0 Å². The highest BCUT2D eigenvalue weighted by molar-refractivity contribution is 6.30. The lowest BCUT2D eigenvalue weighted by Gasteiger charge is -2.22. The molecule has 0 bridgehead atoms. The lowest BCUT2D eigenvalue weighted by molar-refractivity contribution is -0.125. The first-order valence-corrected chi connectivity index (χ1v) is 8.27. The van der Waals surface area contributed by atoms with Gasteiger partial charge in [0.1, 0.15) is 0 Å². The molecule has 0 aliphatic carbocycles. The predicted octanol–water partition coefficient (Wildman–Crippen LogP) is 3.90. The summed E-state index contributed by atoms with van der Waals surface area (Å²) in [5, 5.41) is 3.55. The van der Waals surface area contributed by atoms with Crippen molar-refractivity contribution in [1.29, 1.82) is 0 Å². The number of carbonyl (C=O) groups excluding carboxylic acids is 1. The number of ether oxygens (including phenoxy) is 1. The summed E-state index contributed by atoms with van der Waals surface area (Å²) in [7, 11) is 1.61. The molecule has 0 aliphatic heterocycles. The summed E-state index contributed by atoms with van der Waals surface area (Å²) >= 11 is 6.01. The third-order valence-corrected chi connectivity index (χ3v) is 4.34. The number of nitrogens with one attached hydrogen (secondary N) is 1. The van der Waals surface area contributed by atoms with E-state index in [1.54, 1.807) is 13.2 Å². The van der Waals surface area contributed by atoms with E-state index < -0.39 is 0 Å². The average molecular weight is 383 g/mol. The molecule has 0 spiro atoms. The summed E-state index contributed by atoms with van der Waals surface area (Å²) in [5.41, 5.74) is 8.06. The molecule has 25 heavy (non-hydrogen) atoms. The fourth-order valence-corrected chi connectivity index (χ4v) is 2.72. The minimum absolute atomic E-state index is 0. The van der Waals surface area contributed by atoms with Crippen LogP contribution in [-0.4, -0.2) is 19.6 Å². The van der Waals surface area contributed by atoms with Gasteiger partial charge in [0, 0.05) is 24.7 Å². The van der Waals surface area contributed by atoms with E-state index in [-0.39, 0.29) is 36.4 Å². The predicted molar refractivity (Wildman–Crippen MR) is 104 cm³/mol. The SMILES string of the molecule is COC(CNC(=O)C(C)C(N)c1ccccc1)c1cccc(Cl)c1.Cl. The standard InChI is InChI=1S/C19H23ClN2O2.ClH/c1-13(18(21)14-7-4-3-5-8-14)19(23)22-12-17(24-2)15-9-6-10-16(20)11-15;/h3-11,13,17-18H,12,21H2,1-2H3,(H,22,23);1H. The minimum atomic E-state index is -0.349. The number of carbonyl (C=O) groups is 1. The third kappa shape index (κ3) is 6.01. The van der Waals surface area contributed by atoms with Crippen molar-refractivity contribution in [2.45, 2.75) is 19.1 Å². The average Bonchev–Trinajstić information content (AvgIpc) is 2.61. The number of hydrogen-bond acceptors (Lipinski definition) is 3. The van der Waals surface area contributed by atoms with Gasteiger partial charge in [0.25, 0.3) is 0 Å². The van der Waals surface area contributed by atoms with Crippen LogP contribution < -0.4 is 11.1 Å². The van der Waals surface area contributed by atoms with Crippen LogP contribution in [-0.2, 0) is 9.53 Å². The Bertz CT molecular complexity index is 667. The lowest BCUT2D eigenvalue weighted by Crippen LogP contribution is -2.37. The molecule has 4 nitrogen and oxygen atoms in total. The van der Waals surface area contributed by atoms with E-state index in [0.717, 1.165) is 11.1 Å². The molecule has 136 valence electrons. The normalized spacial score (nSPS) is 14.1. The molecule has 0 radical (unpaired) electrons. The smallest absolute Gasteiger partial charge is 0.224 e. The fraction of sp³-hybridized carbons (Fsp3) is 0.316. The monoisotopic (exact) mass is 382 g/mol. The quantitative estimate of drug-likeness (QED) is 0.762. The first kappa shape index (κ1) is 21.5. The van der Waals surface area contributed by atoms with Gasteiger partial charge in [0.2, 0.25) is 5.91 Å². The van der Waals surface area contributed by atoms with Gasteiger partial charge in [-0.15, -0.1) is 12.4 Å². The lowest BCUT2D eigenvalue weighted by atomic mass is 9.94. The maximum Gasteiger partial charge on any atom is 0.224 e. The van der Waals surface area contributed by atoms with Crippen molar-refractivity contribution in [3.8, 4) is 0 Å². The van der Waals surface area contributed by atoms with Crippen LogP contribution in [0.5, 0.6) is 0 Å². The topological polar surface area (TPSA) is 64.3 Å². The molecule has 2 aromatic rings. The highest BCUT2D eigenvalue weighted by Crippen LogP contribution is 2.21. The maximum atomic E-state index is 12.4. The van der Waals surface area contributed by atoms with Gasteiger partial charge in [-0.05, 0) is 23.3 Å². The van der Waals surface area contributed by atoms with Crippen molar-refractivity contribution in [3.05, 3.63) is 70.7 Å². The van der Waals surface area contributed by atoms with Crippen LogP contribution in [0.15, 0.2) is 54.6 Å². The summed E-state index contributed by atoms with van der Waals surface area (Å²) in [4.78, 5) is 12.4. The zero-order valence-corrected chi connectivity index (χ0v) is 15.9. The second kappa shape index (κ2) is 10.4. The third-order valence-electron chi connectivity index (χ3n) is 4.10. The molecule has 0 saturated heterocycles. The van der Waals surface area contributed by atoms with Gasteiger partial charge >= 0.3 is 0 Å². The van der Waals surface area contributed by atoms with E-state index in [0.29, 0.717) is 11.6 Å². The highest BCUT2D eigenvalue weighted by Gasteiger charge is 2.23. The summed E-state index contributed by atoms with van der Waals surface area (Å²) < 4.78 is 5.46. The summed E-state index contributed by atoms with van der Waals surface area (Å²) in [6.07, 6.45) is -0.257. The molecule has 0 aromatic heterocycles. The second-order valence-electron chi connectivity index (χ2n) is 5.75. The number of halogens is 2. The highest BCUT2D eigenvalue weighted by atomic mass is 35.5. The molecule has 0 fully saturated rings. The molecule has 0 heterocycles. The number of amides is 1. The molecule has 0 saturated carbocycles. The van der Waals surface area contributed by atoms with Crippen molar-refractivity contribution in [1.82, 2.24) is 5.32 Å².